The van der Waals surface area contributed by atoms with E-state index >= 15 is 0 Å². The summed E-state index contributed by atoms with van der Waals surface area (Å²) < 4.78 is 5.48. The van der Waals surface area contributed by atoms with Crippen LogP contribution in [0.2, 0.25) is 0 Å². The van der Waals surface area contributed by atoms with E-state index in [2.05, 4.69) is 20.1 Å². The van der Waals surface area contributed by atoms with Crippen LogP contribution in [0, 0.1) is 6.92 Å². The Morgan fingerprint density at radius 2 is 2.07 bits per heavy atom. The molecule has 1 aliphatic rings. The van der Waals surface area contributed by atoms with Gasteiger partial charge in [-0.2, -0.15) is 4.98 Å². The number of imidazole rings is 1. The number of aromatic nitrogens is 4. The minimum atomic E-state index is -1.01. The van der Waals surface area contributed by atoms with Crippen molar-refractivity contribution >= 4 is 11.9 Å². The van der Waals surface area contributed by atoms with Crippen LogP contribution >= 0.6 is 0 Å². The Hall–Kier alpha value is -3.49. The first-order valence-corrected chi connectivity index (χ1v) is 8.94. The lowest BCUT2D eigenvalue weighted by molar-refractivity contribution is -0.142. The average Bonchev–Trinajstić information content (AvgIpc) is 3.34. The summed E-state index contributed by atoms with van der Waals surface area (Å²) in [4.78, 5) is 36.9. The molecule has 3 aromatic rings. The molecule has 144 valence electrons. The second kappa shape index (κ2) is 7.26. The molecule has 1 amide bonds. The lowest BCUT2D eigenvalue weighted by Crippen LogP contribution is -2.39. The number of hydrogen-bond acceptors (Lipinski definition) is 6. The normalized spacial score (nSPS) is 16.0. The Kier molecular flexibility index (Phi) is 4.64. The highest BCUT2D eigenvalue weighted by molar-refractivity contribution is 5.81. The van der Waals surface area contributed by atoms with Crippen molar-refractivity contribution in [3.63, 3.8) is 0 Å². The van der Waals surface area contributed by atoms with E-state index in [1.807, 2.05) is 31.2 Å². The smallest absolute Gasteiger partial charge is 0.303 e. The Morgan fingerprint density at radius 1 is 1.29 bits per heavy atom. The highest BCUT2D eigenvalue weighted by Gasteiger charge is 2.36. The Balaban J connectivity index is 1.62. The van der Waals surface area contributed by atoms with Crippen LogP contribution < -0.4 is 0 Å². The summed E-state index contributed by atoms with van der Waals surface area (Å²) in [6, 6.07) is 7.26. The van der Waals surface area contributed by atoms with Crippen LogP contribution in [0.15, 0.2) is 35.1 Å². The predicted octanol–water partition coefficient (Wildman–Crippen LogP) is 2.26. The number of H-pyrrole nitrogens is 1. The van der Waals surface area contributed by atoms with Crippen molar-refractivity contribution in [3.05, 3.63) is 53.4 Å². The molecule has 9 nitrogen and oxygen atoms in total. The Labute approximate surface area is 160 Å². The fraction of sp³-hybridized carbons (Fsp3) is 0.316. The highest BCUT2D eigenvalue weighted by Crippen LogP contribution is 2.32. The molecule has 4 rings (SSSR count). The summed E-state index contributed by atoms with van der Waals surface area (Å²) >= 11 is 0. The number of fused-ring (bicyclic) bond motifs is 1. The molecule has 0 bridgehead atoms. The maximum atomic E-state index is 12.7. The van der Waals surface area contributed by atoms with E-state index in [-0.39, 0.29) is 18.7 Å². The van der Waals surface area contributed by atoms with Crippen LogP contribution in [0.4, 0.5) is 0 Å². The Morgan fingerprint density at radius 3 is 2.82 bits per heavy atom. The molecule has 3 heterocycles. The minimum absolute atomic E-state index is 0.0890. The number of carbonyl (C=O) groups is 2. The maximum absolute atomic E-state index is 12.7. The van der Waals surface area contributed by atoms with E-state index in [1.165, 1.54) is 0 Å². The number of hydrogen-bond donors (Lipinski definition) is 2. The van der Waals surface area contributed by atoms with Gasteiger partial charge in [0.1, 0.15) is 6.04 Å². The summed E-state index contributed by atoms with van der Waals surface area (Å²) in [5.41, 5.74) is 3.61. The zero-order chi connectivity index (χ0) is 19.7. The first-order chi connectivity index (χ1) is 13.5. The second-order valence-electron chi connectivity index (χ2n) is 6.79. The third-order valence-corrected chi connectivity index (χ3v) is 4.81. The van der Waals surface area contributed by atoms with Crippen molar-refractivity contribution < 1.29 is 19.2 Å². The number of rotatable bonds is 5. The van der Waals surface area contributed by atoms with Crippen molar-refractivity contribution in [3.8, 4) is 11.4 Å². The van der Waals surface area contributed by atoms with Gasteiger partial charge in [0.25, 0.3) is 0 Å². The minimum Gasteiger partial charge on any atom is -0.481 e. The number of nitrogens with one attached hydrogen (secondary N) is 1. The lowest BCUT2D eigenvalue weighted by Gasteiger charge is -2.32. The molecule has 2 N–H and O–H groups in total. The SMILES string of the molecule is Cc1ccc(-c2noc([C@@H]3Cc4nc[nH]c4CN3C(=O)CCC(=O)O)n2)cc1. The van der Waals surface area contributed by atoms with Crippen LogP contribution in [0.5, 0.6) is 0 Å². The molecular formula is C19H19N5O4. The van der Waals surface area contributed by atoms with Crippen molar-refractivity contribution in [1.29, 1.82) is 0 Å². The first kappa shape index (κ1) is 17.9. The second-order valence-corrected chi connectivity index (χ2v) is 6.79. The number of carboxylic acids is 1. The van der Waals surface area contributed by atoms with E-state index in [0.29, 0.717) is 24.7 Å². The van der Waals surface area contributed by atoms with E-state index in [1.54, 1.807) is 11.2 Å². The summed E-state index contributed by atoms with van der Waals surface area (Å²) in [6.45, 7) is 2.29. The van der Waals surface area contributed by atoms with Gasteiger partial charge in [-0.1, -0.05) is 35.0 Å². The van der Waals surface area contributed by atoms with Crippen molar-refractivity contribution in [2.24, 2.45) is 0 Å². The molecule has 1 atom stereocenters. The Bertz CT molecular complexity index is 1010. The molecule has 0 saturated heterocycles. The topological polar surface area (TPSA) is 125 Å². The third-order valence-electron chi connectivity index (χ3n) is 4.81. The average molecular weight is 381 g/mol. The zero-order valence-electron chi connectivity index (χ0n) is 15.3. The molecule has 0 aliphatic carbocycles. The van der Waals surface area contributed by atoms with Gasteiger partial charge >= 0.3 is 5.97 Å². The van der Waals surface area contributed by atoms with Gasteiger partial charge in [-0.25, -0.2) is 4.98 Å². The van der Waals surface area contributed by atoms with Crippen LogP contribution in [0.3, 0.4) is 0 Å². The number of nitrogens with zero attached hydrogens (tertiary/aromatic N) is 4. The van der Waals surface area contributed by atoms with Crippen molar-refractivity contribution in [1.82, 2.24) is 25.0 Å². The molecule has 1 aliphatic heterocycles. The van der Waals surface area contributed by atoms with Gasteiger partial charge in [0, 0.05) is 18.4 Å². The monoisotopic (exact) mass is 381 g/mol. The first-order valence-electron chi connectivity index (χ1n) is 8.94. The molecule has 0 radical (unpaired) electrons. The van der Waals surface area contributed by atoms with Gasteiger partial charge in [-0.05, 0) is 6.92 Å². The van der Waals surface area contributed by atoms with Gasteiger partial charge < -0.3 is 19.5 Å². The third kappa shape index (κ3) is 3.51. The number of carbonyl (C=O) groups excluding carboxylic acids is 1. The van der Waals surface area contributed by atoms with E-state index in [4.69, 9.17) is 9.63 Å². The summed E-state index contributed by atoms with van der Waals surface area (Å²) in [5.74, 6) is -0.528. The number of aryl methyl sites for hydroxylation is 1. The summed E-state index contributed by atoms with van der Waals surface area (Å²) in [5, 5.41) is 12.9. The van der Waals surface area contributed by atoms with Crippen LogP contribution in [0.1, 0.15) is 41.7 Å². The molecule has 1 aromatic carbocycles. The van der Waals surface area contributed by atoms with Crippen molar-refractivity contribution in [2.75, 3.05) is 0 Å². The van der Waals surface area contributed by atoms with Crippen molar-refractivity contribution in [2.45, 2.75) is 38.8 Å². The quantitative estimate of drug-likeness (QED) is 0.694. The summed E-state index contributed by atoms with van der Waals surface area (Å²) in [7, 11) is 0. The number of benzene rings is 1. The maximum Gasteiger partial charge on any atom is 0.303 e. The number of aromatic amines is 1. The fourth-order valence-corrected chi connectivity index (χ4v) is 3.27. The van der Waals surface area contributed by atoms with Gasteiger partial charge in [-0.3, -0.25) is 9.59 Å². The number of amides is 1. The molecule has 0 saturated carbocycles. The van der Waals surface area contributed by atoms with Crippen LogP contribution in [-0.4, -0.2) is 42.0 Å². The highest BCUT2D eigenvalue weighted by atomic mass is 16.5. The molecule has 0 unspecified atom stereocenters. The zero-order valence-corrected chi connectivity index (χ0v) is 15.3. The van der Waals surface area contributed by atoms with Crippen LogP contribution in [-0.2, 0) is 22.6 Å². The molecular weight excluding hydrogens is 362 g/mol. The van der Waals surface area contributed by atoms with E-state index < -0.39 is 12.0 Å². The van der Waals surface area contributed by atoms with E-state index in [9.17, 15) is 9.59 Å². The van der Waals surface area contributed by atoms with Gasteiger partial charge in [-0.15, -0.1) is 0 Å². The molecule has 0 spiro atoms. The molecule has 2 aromatic heterocycles. The van der Waals surface area contributed by atoms with Gasteiger partial charge in [0.05, 0.1) is 30.7 Å². The predicted molar refractivity (Wildman–Crippen MR) is 96.9 cm³/mol. The van der Waals surface area contributed by atoms with Gasteiger partial charge in [0.2, 0.25) is 17.6 Å². The van der Waals surface area contributed by atoms with Crippen LogP contribution in [0.25, 0.3) is 11.4 Å². The van der Waals surface area contributed by atoms with Gasteiger partial charge in [0.15, 0.2) is 0 Å². The number of aliphatic carboxylic acids is 1. The largest absolute Gasteiger partial charge is 0.481 e. The standard InChI is InChI=1S/C19H19N5O4/c1-11-2-4-12(5-3-11)18-22-19(28-23-18)15-8-13-14(21-10-20-13)9-24(15)16(25)6-7-17(26)27/h2-5,10,15H,6-9H2,1H3,(H,20,21)(H,26,27)/t15-/m0/s1. The summed E-state index contributed by atoms with van der Waals surface area (Å²) in [6.07, 6.45) is 1.69. The molecule has 0 fully saturated rings. The number of carboxylic acid groups (broad SMARTS) is 1. The molecule has 9 heteroatoms. The fourth-order valence-electron chi connectivity index (χ4n) is 3.27. The lowest BCUT2D eigenvalue weighted by atomic mass is 10.0. The molecule has 28 heavy (non-hydrogen) atoms. The van der Waals surface area contributed by atoms with E-state index in [0.717, 1.165) is 22.5 Å².